The van der Waals surface area contributed by atoms with Crippen molar-refractivity contribution in [3.8, 4) is 0 Å². The molecule has 102 valence electrons. The molecule has 1 aliphatic heterocycles. The summed E-state index contributed by atoms with van der Waals surface area (Å²) in [4.78, 5) is 13.9. The molecule has 0 unspecified atom stereocenters. The van der Waals surface area contributed by atoms with Crippen LogP contribution in [0.3, 0.4) is 0 Å². The molecule has 6 heteroatoms. The first kappa shape index (κ1) is 14.6. The SMILES string of the molecule is CC1(C)OB(/C=C/c2c[nH]c(=O)c(Br)c2)OC1(C)C. The lowest BCUT2D eigenvalue weighted by atomic mass is 9.89. The van der Waals surface area contributed by atoms with Gasteiger partial charge in [-0.05, 0) is 55.3 Å². The summed E-state index contributed by atoms with van der Waals surface area (Å²) < 4.78 is 12.2. The molecule has 4 nitrogen and oxygen atoms in total. The van der Waals surface area contributed by atoms with Gasteiger partial charge in [-0.3, -0.25) is 4.79 Å². The number of nitrogens with one attached hydrogen (secondary N) is 1. The van der Waals surface area contributed by atoms with Crippen molar-refractivity contribution >= 4 is 29.1 Å². The monoisotopic (exact) mass is 325 g/mol. The highest BCUT2D eigenvalue weighted by molar-refractivity contribution is 9.10. The molecule has 19 heavy (non-hydrogen) atoms. The zero-order chi connectivity index (χ0) is 14.3. The quantitative estimate of drug-likeness (QED) is 0.851. The molecule has 0 amide bonds. The molecule has 0 aliphatic carbocycles. The van der Waals surface area contributed by atoms with Gasteiger partial charge in [0.05, 0.1) is 15.7 Å². The average Bonchev–Trinajstić information content (AvgIpc) is 2.49. The summed E-state index contributed by atoms with van der Waals surface area (Å²) in [6.07, 6.45) is 3.51. The van der Waals surface area contributed by atoms with E-state index < -0.39 is 0 Å². The Labute approximate surface area is 121 Å². The van der Waals surface area contributed by atoms with E-state index in [0.717, 1.165) is 5.56 Å². The molecule has 0 spiro atoms. The van der Waals surface area contributed by atoms with Crippen LogP contribution < -0.4 is 5.56 Å². The van der Waals surface area contributed by atoms with Gasteiger partial charge in [0.2, 0.25) is 0 Å². The van der Waals surface area contributed by atoms with Crippen LogP contribution in [0.25, 0.3) is 6.08 Å². The molecule has 2 heterocycles. The van der Waals surface area contributed by atoms with Crippen LogP contribution in [0.4, 0.5) is 0 Å². The maximum Gasteiger partial charge on any atom is 0.487 e. The second-order valence-electron chi connectivity index (χ2n) is 5.59. The summed E-state index contributed by atoms with van der Waals surface area (Å²) in [5.41, 5.74) is 0.0511. The normalized spacial score (nSPS) is 21.2. The van der Waals surface area contributed by atoms with E-state index in [4.69, 9.17) is 9.31 Å². The molecule has 0 aromatic carbocycles. The van der Waals surface area contributed by atoms with E-state index in [0.29, 0.717) is 4.47 Å². The van der Waals surface area contributed by atoms with Gasteiger partial charge in [0.15, 0.2) is 0 Å². The van der Waals surface area contributed by atoms with E-state index in [1.807, 2.05) is 39.7 Å². The second-order valence-corrected chi connectivity index (χ2v) is 6.45. The number of halogens is 1. The van der Waals surface area contributed by atoms with Gasteiger partial charge in [0.1, 0.15) is 0 Å². The molecular weight excluding hydrogens is 309 g/mol. The number of hydrogen-bond donors (Lipinski definition) is 1. The Hall–Kier alpha value is -0.845. The summed E-state index contributed by atoms with van der Waals surface area (Å²) in [5, 5.41) is 0. The summed E-state index contributed by atoms with van der Waals surface area (Å²) in [6, 6.07) is 1.75. The van der Waals surface area contributed by atoms with Crippen LogP contribution in [0.15, 0.2) is 27.5 Å². The van der Waals surface area contributed by atoms with Gasteiger partial charge in [-0.15, -0.1) is 0 Å². The zero-order valence-electron chi connectivity index (χ0n) is 11.5. The number of H-pyrrole nitrogens is 1. The largest absolute Gasteiger partial charge is 0.487 e. The molecule has 1 N–H and O–H groups in total. The molecular formula is C13H17BBrNO3. The summed E-state index contributed by atoms with van der Waals surface area (Å²) >= 11 is 3.20. The van der Waals surface area contributed by atoms with Crippen LogP contribution in [0.2, 0.25) is 0 Å². The van der Waals surface area contributed by atoms with Gasteiger partial charge in [-0.1, -0.05) is 12.1 Å². The Kier molecular flexibility index (Phi) is 3.77. The molecule has 1 aliphatic rings. The van der Waals surface area contributed by atoms with Crippen molar-refractivity contribution in [3.05, 3.63) is 38.6 Å². The molecule has 1 aromatic rings. The Morgan fingerprint density at radius 3 is 2.37 bits per heavy atom. The number of hydrogen-bond acceptors (Lipinski definition) is 3. The summed E-state index contributed by atoms with van der Waals surface area (Å²) in [5.74, 6) is 1.84. The lowest BCUT2D eigenvalue weighted by Crippen LogP contribution is -2.41. The van der Waals surface area contributed by atoms with Crippen molar-refractivity contribution in [3.63, 3.8) is 0 Å². The molecule has 0 radical (unpaired) electrons. The topological polar surface area (TPSA) is 51.3 Å². The first-order valence-electron chi connectivity index (χ1n) is 6.13. The Balaban J connectivity index is 2.12. The number of aromatic nitrogens is 1. The van der Waals surface area contributed by atoms with Crippen LogP contribution in [0.1, 0.15) is 33.3 Å². The molecule has 0 saturated carbocycles. The highest BCUT2D eigenvalue weighted by Gasteiger charge is 2.49. The molecule has 1 fully saturated rings. The van der Waals surface area contributed by atoms with Gasteiger partial charge in [0.25, 0.3) is 5.56 Å². The highest BCUT2D eigenvalue weighted by Crippen LogP contribution is 2.36. The van der Waals surface area contributed by atoms with Crippen molar-refractivity contribution in [2.45, 2.75) is 38.9 Å². The number of aromatic amines is 1. The van der Waals surface area contributed by atoms with Gasteiger partial charge < -0.3 is 14.3 Å². The maximum atomic E-state index is 11.2. The van der Waals surface area contributed by atoms with Crippen molar-refractivity contribution in [2.75, 3.05) is 0 Å². The van der Waals surface area contributed by atoms with Crippen LogP contribution in [-0.4, -0.2) is 23.3 Å². The smallest absolute Gasteiger partial charge is 0.400 e. The Morgan fingerprint density at radius 1 is 1.26 bits per heavy atom. The number of rotatable bonds is 2. The molecule has 0 bridgehead atoms. The minimum Gasteiger partial charge on any atom is -0.400 e. The van der Waals surface area contributed by atoms with E-state index >= 15 is 0 Å². The van der Waals surface area contributed by atoms with Crippen molar-refractivity contribution < 1.29 is 9.31 Å². The summed E-state index contributed by atoms with van der Waals surface area (Å²) in [7, 11) is -0.379. The van der Waals surface area contributed by atoms with Crippen LogP contribution in [0.5, 0.6) is 0 Å². The van der Waals surface area contributed by atoms with Gasteiger partial charge in [0, 0.05) is 6.20 Å². The fraction of sp³-hybridized carbons (Fsp3) is 0.462. The molecule has 0 atom stereocenters. The van der Waals surface area contributed by atoms with Crippen LogP contribution >= 0.6 is 15.9 Å². The fourth-order valence-corrected chi connectivity index (χ4v) is 2.10. The van der Waals surface area contributed by atoms with Crippen molar-refractivity contribution in [1.82, 2.24) is 4.98 Å². The molecule has 2 rings (SSSR count). The first-order chi connectivity index (χ1) is 8.71. The van der Waals surface area contributed by atoms with Crippen molar-refractivity contribution in [1.29, 1.82) is 0 Å². The standard InChI is InChI=1S/C13H17BBrNO3/c1-12(2)13(3,4)19-14(18-12)6-5-9-7-10(15)11(17)16-8-9/h5-8H,1-4H3,(H,16,17)/b6-5+. The van der Waals surface area contributed by atoms with Gasteiger partial charge >= 0.3 is 7.12 Å². The van der Waals surface area contributed by atoms with E-state index in [-0.39, 0.29) is 23.9 Å². The van der Waals surface area contributed by atoms with E-state index in [1.165, 1.54) is 0 Å². The Morgan fingerprint density at radius 2 is 1.84 bits per heavy atom. The predicted octanol–water partition coefficient (Wildman–Crippen LogP) is 2.78. The van der Waals surface area contributed by atoms with Gasteiger partial charge in [-0.25, -0.2) is 0 Å². The zero-order valence-corrected chi connectivity index (χ0v) is 13.1. The molecule has 1 saturated heterocycles. The second kappa shape index (κ2) is 4.92. The molecule has 1 aromatic heterocycles. The van der Waals surface area contributed by atoms with E-state index in [1.54, 1.807) is 12.3 Å². The average molecular weight is 326 g/mol. The lowest BCUT2D eigenvalue weighted by Gasteiger charge is -2.32. The maximum absolute atomic E-state index is 11.2. The summed E-state index contributed by atoms with van der Waals surface area (Å²) in [6.45, 7) is 8.05. The Bertz CT molecular complexity index is 549. The third-order valence-corrected chi connectivity index (χ3v) is 4.19. The predicted molar refractivity (Wildman–Crippen MR) is 79.9 cm³/mol. The van der Waals surface area contributed by atoms with Crippen LogP contribution in [0, 0.1) is 0 Å². The van der Waals surface area contributed by atoms with Gasteiger partial charge in [-0.2, -0.15) is 0 Å². The number of pyridine rings is 1. The van der Waals surface area contributed by atoms with E-state index in [2.05, 4.69) is 20.9 Å². The minimum absolute atomic E-state index is 0.146. The fourth-order valence-electron chi connectivity index (χ4n) is 1.72. The lowest BCUT2D eigenvalue weighted by molar-refractivity contribution is 0.00578. The van der Waals surface area contributed by atoms with Crippen LogP contribution in [-0.2, 0) is 9.31 Å². The van der Waals surface area contributed by atoms with Crippen molar-refractivity contribution in [2.24, 2.45) is 0 Å². The highest BCUT2D eigenvalue weighted by atomic mass is 79.9. The first-order valence-corrected chi connectivity index (χ1v) is 6.93. The minimum atomic E-state index is -0.379. The third-order valence-electron chi connectivity index (χ3n) is 3.60. The van der Waals surface area contributed by atoms with E-state index in [9.17, 15) is 4.79 Å². The third kappa shape index (κ3) is 3.01.